The summed E-state index contributed by atoms with van der Waals surface area (Å²) >= 11 is 0. The first-order chi connectivity index (χ1) is 17.2. The van der Waals surface area contributed by atoms with Gasteiger partial charge in [0.05, 0.1) is 38.0 Å². The molecule has 36 heavy (non-hydrogen) atoms. The van der Waals surface area contributed by atoms with Gasteiger partial charge in [-0.1, -0.05) is 0 Å². The van der Waals surface area contributed by atoms with Crippen LogP contribution in [0.3, 0.4) is 0 Å². The minimum Gasteiger partial charge on any atom is -0.483 e. The molecule has 0 radical (unpaired) electrons. The zero-order chi connectivity index (χ0) is 26.1. The summed E-state index contributed by atoms with van der Waals surface area (Å²) in [6.07, 6.45) is -3.55. The summed E-state index contributed by atoms with van der Waals surface area (Å²) in [5.74, 6) is -0.120. The maximum absolute atomic E-state index is 13.2. The minimum absolute atomic E-state index is 0.0273. The number of H-pyrrole nitrogens is 1. The summed E-state index contributed by atoms with van der Waals surface area (Å²) in [5.41, 5.74) is -2.44. The van der Waals surface area contributed by atoms with Gasteiger partial charge >= 0.3 is 6.18 Å². The molecule has 0 aromatic carbocycles. The molecule has 1 aliphatic rings. The molecule has 0 bridgehead atoms. The van der Waals surface area contributed by atoms with Crippen molar-refractivity contribution in [2.75, 3.05) is 58.0 Å². The predicted molar refractivity (Wildman–Crippen MR) is 119 cm³/mol. The maximum Gasteiger partial charge on any atom is 0.425 e. The van der Waals surface area contributed by atoms with E-state index in [9.17, 15) is 22.8 Å². The average Bonchev–Trinajstić information content (AvgIpc) is 2.86. The lowest BCUT2D eigenvalue weighted by atomic mass is 10.2. The van der Waals surface area contributed by atoms with Gasteiger partial charge in [-0.2, -0.15) is 23.5 Å². The molecule has 0 aliphatic carbocycles. The Balaban J connectivity index is 1.45. The van der Waals surface area contributed by atoms with E-state index in [2.05, 4.69) is 10.1 Å². The normalized spacial score (nSPS) is 14.9. The third kappa shape index (κ3) is 7.15. The second-order valence-corrected chi connectivity index (χ2v) is 7.84. The number of amides is 1. The highest BCUT2D eigenvalue weighted by Crippen LogP contribution is 2.33. The van der Waals surface area contributed by atoms with Gasteiger partial charge in [0.15, 0.2) is 11.3 Å². The van der Waals surface area contributed by atoms with Crippen LogP contribution in [0.25, 0.3) is 0 Å². The smallest absolute Gasteiger partial charge is 0.425 e. The third-order valence-electron chi connectivity index (χ3n) is 5.35. The van der Waals surface area contributed by atoms with Crippen LogP contribution in [0.1, 0.15) is 17.5 Å². The van der Waals surface area contributed by atoms with E-state index in [4.69, 9.17) is 19.5 Å². The number of nitrogens with zero attached hydrogens (tertiary/aromatic N) is 5. The zero-order valence-corrected chi connectivity index (χ0v) is 19.5. The zero-order valence-electron chi connectivity index (χ0n) is 19.5. The molecule has 0 saturated carbocycles. The predicted octanol–water partition coefficient (Wildman–Crippen LogP) is 1.20. The Morgan fingerprint density at radius 2 is 1.97 bits per heavy atom. The number of nitrogens with one attached hydrogen (secondary N) is 1. The van der Waals surface area contributed by atoms with Crippen LogP contribution < -0.4 is 15.2 Å². The number of rotatable bonds is 10. The molecule has 3 heterocycles. The van der Waals surface area contributed by atoms with Crippen LogP contribution in [0.4, 0.5) is 19.0 Å². The molecule has 1 atom stereocenters. The molecule has 0 unspecified atom stereocenters. The number of anilines is 1. The van der Waals surface area contributed by atoms with Crippen molar-refractivity contribution in [2.45, 2.75) is 18.7 Å². The van der Waals surface area contributed by atoms with Crippen LogP contribution in [0.15, 0.2) is 29.3 Å². The number of carbonyl (C=O) groups is 1. The Morgan fingerprint density at radius 3 is 2.58 bits per heavy atom. The van der Waals surface area contributed by atoms with Crippen molar-refractivity contribution >= 4 is 11.7 Å². The van der Waals surface area contributed by atoms with Gasteiger partial charge in [-0.15, -0.1) is 0 Å². The number of methoxy groups -OCH3 is 1. The maximum atomic E-state index is 13.2. The topological polar surface area (TPSA) is 134 Å². The largest absolute Gasteiger partial charge is 0.483 e. The van der Waals surface area contributed by atoms with Gasteiger partial charge in [-0.25, -0.2) is 10.1 Å². The number of aromatic nitrogens is 3. The van der Waals surface area contributed by atoms with E-state index in [-0.39, 0.29) is 32.1 Å². The van der Waals surface area contributed by atoms with E-state index in [0.29, 0.717) is 31.7 Å². The van der Waals surface area contributed by atoms with Crippen LogP contribution in [-0.2, 0) is 20.4 Å². The lowest BCUT2D eigenvalue weighted by Gasteiger charge is -2.35. The van der Waals surface area contributed by atoms with Gasteiger partial charge in [0.1, 0.15) is 18.0 Å². The second kappa shape index (κ2) is 12.3. The summed E-state index contributed by atoms with van der Waals surface area (Å²) in [5, 5.41) is 14.0. The average molecular weight is 510 g/mol. The lowest BCUT2D eigenvalue weighted by Crippen LogP contribution is -2.49. The Morgan fingerprint density at radius 1 is 1.22 bits per heavy atom. The number of piperazine rings is 1. The van der Waals surface area contributed by atoms with E-state index in [1.165, 1.54) is 13.3 Å². The number of alkyl halides is 3. The monoisotopic (exact) mass is 510 g/mol. The summed E-state index contributed by atoms with van der Waals surface area (Å²) < 4.78 is 55.4. The van der Waals surface area contributed by atoms with Crippen LogP contribution in [-0.4, -0.2) is 85.2 Å². The van der Waals surface area contributed by atoms with Crippen molar-refractivity contribution in [3.63, 3.8) is 0 Å². The van der Waals surface area contributed by atoms with Crippen LogP contribution >= 0.6 is 0 Å². The standard InChI is InChI=1S/C22H25F3N6O5/c1-34-13-16(36-17-12-28-29-21(33)20(17)22(23,24)25)14-35-9-4-19(32)31-7-5-30(6-8-31)18-3-2-15(10-26)11-27-18/h2-3,11-12,16H,4-9,13-14H2,1H3,(H,29,33)/t16-/m1/s1. The fourth-order valence-corrected chi connectivity index (χ4v) is 3.58. The molecule has 2 aromatic heterocycles. The fraction of sp³-hybridized carbons (Fsp3) is 0.500. The van der Waals surface area contributed by atoms with E-state index in [1.807, 2.05) is 11.0 Å². The Labute approximate surface area is 204 Å². The van der Waals surface area contributed by atoms with E-state index >= 15 is 0 Å². The van der Waals surface area contributed by atoms with E-state index < -0.39 is 29.2 Å². The number of ether oxygens (including phenoxy) is 3. The molecule has 3 rings (SSSR count). The summed E-state index contributed by atoms with van der Waals surface area (Å²) in [7, 11) is 1.34. The highest BCUT2D eigenvalue weighted by Gasteiger charge is 2.39. The summed E-state index contributed by atoms with van der Waals surface area (Å²) in [6, 6.07) is 5.47. The molecule has 14 heteroatoms. The number of aromatic amines is 1. The molecule has 1 amide bonds. The quantitative estimate of drug-likeness (QED) is 0.468. The first-order valence-corrected chi connectivity index (χ1v) is 11.0. The van der Waals surface area contributed by atoms with Crippen LogP contribution in [0.5, 0.6) is 5.75 Å². The van der Waals surface area contributed by atoms with Crippen molar-refractivity contribution in [1.29, 1.82) is 5.26 Å². The molecule has 11 nitrogen and oxygen atoms in total. The van der Waals surface area contributed by atoms with Gasteiger partial charge < -0.3 is 24.0 Å². The molecule has 1 aliphatic heterocycles. The van der Waals surface area contributed by atoms with Gasteiger partial charge in [0.25, 0.3) is 5.56 Å². The van der Waals surface area contributed by atoms with Gasteiger partial charge in [0.2, 0.25) is 5.91 Å². The number of hydrogen-bond acceptors (Lipinski definition) is 9. The SMILES string of the molecule is COC[C@H](COCCC(=O)N1CCN(c2ccc(C#N)cn2)CC1)Oc1cn[nH]c(=O)c1C(F)(F)F. The summed E-state index contributed by atoms with van der Waals surface area (Å²) in [6.45, 7) is 1.91. The molecular weight excluding hydrogens is 485 g/mol. The van der Waals surface area contributed by atoms with E-state index in [1.54, 1.807) is 22.1 Å². The number of halogens is 3. The van der Waals surface area contributed by atoms with Crippen molar-refractivity contribution in [3.05, 3.63) is 46.0 Å². The fourth-order valence-electron chi connectivity index (χ4n) is 3.58. The minimum atomic E-state index is -4.93. The van der Waals surface area contributed by atoms with Crippen molar-refractivity contribution in [1.82, 2.24) is 20.1 Å². The van der Waals surface area contributed by atoms with Crippen LogP contribution in [0.2, 0.25) is 0 Å². The first-order valence-electron chi connectivity index (χ1n) is 11.0. The number of hydrogen-bond donors (Lipinski definition) is 1. The second-order valence-electron chi connectivity index (χ2n) is 7.84. The van der Waals surface area contributed by atoms with Crippen molar-refractivity contribution in [2.24, 2.45) is 0 Å². The van der Waals surface area contributed by atoms with Gasteiger partial charge in [-0.05, 0) is 12.1 Å². The highest BCUT2D eigenvalue weighted by molar-refractivity contribution is 5.76. The molecule has 1 N–H and O–H groups in total. The van der Waals surface area contributed by atoms with Gasteiger partial charge in [-0.3, -0.25) is 9.59 Å². The number of pyridine rings is 1. The highest BCUT2D eigenvalue weighted by atomic mass is 19.4. The Hall–Kier alpha value is -3.70. The molecular formula is C22H25F3N6O5. The molecule has 1 saturated heterocycles. The molecule has 2 aromatic rings. The third-order valence-corrected chi connectivity index (χ3v) is 5.35. The Kier molecular flexibility index (Phi) is 9.20. The number of nitriles is 1. The summed E-state index contributed by atoms with van der Waals surface area (Å²) in [4.78, 5) is 32.1. The van der Waals surface area contributed by atoms with Crippen molar-refractivity contribution < 1.29 is 32.2 Å². The first kappa shape index (κ1) is 26.9. The Bertz CT molecular complexity index is 1110. The lowest BCUT2D eigenvalue weighted by molar-refractivity contribution is -0.141. The molecule has 194 valence electrons. The molecule has 0 spiro atoms. The molecule has 1 fully saturated rings. The van der Waals surface area contributed by atoms with Crippen LogP contribution in [0, 0.1) is 11.3 Å². The number of carbonyl (C=O) groups excluding carboxylic acids is 1. The van der Waals surface area contributed by atoms with E-state index in [0.717, 1.165) is 12.0 Å². The van der Waals surface area contributed by atoms with Gasteiger partial charge in [0, 0.05) is 39.5 Å². The van der Waals surface area contributed by atoms with Crippen molar-refractivity contribution in [3.8, 4) is 11.8 Å².